The van der Waals surface area contributed by atoms with E-state index in [1.54, 1.807) is 13.1 Å². The van der Waals surface area contributed by atoms with E-state index in [1.165, 1.54) is 17.5 Å². The molecule has 1 aromatic carbocycles. The number of rotatable bonds is 5. The Balaban J connectivity index is 2.57. The van der Waals surface area contributed by atoms with Crippen LogP contribution in [0.25, 0.3) is 0 Å². The van der Waals surface area contributed by atoms with Gasteiger partial charge in [-0.3, -0.25) is 0 Å². The smallest absolute Gasteiger partial charge is 0.246 e. The maximum atomic E-state index is 12.6. The van der Waals surface area contributed by atoms with E-state index in [0.717, 1.165) is 12.8 Å². The Bertz CT molecular complexity index is 585. The standard InChI is InChI=1S/C12H17ClN2O3S/c1-15(10-3-4-10)19(16,17)11-6-9(13)5-8(7-14)12(11)18-2/h5-6,10H,3-4,7,14H2,1-2H3. The first-order valence-electron chi connectivity index (χ1n) is 5.96. The molecule has 2 rings (SSSR count). The monoisotopic (exact) mass is 304 g/mol. The van der Waals surface area contributed by atoms with Gasteiger partial charge in [0.25, 0.3) is 0 Å². The van der Waals surface area contributed by atoms with E-state index < -0.39 is 10.0 Å². The van der Waals surface area contributed by atoms with Crippen molar-refractivity contribution in [1.29, 1.82) is 0 Å². The van der Waals surface area contributed by atoms with Gasteiger partial charge in [0.2, 0.25) is 10.0 Å². The van der Waals surface area contributed by atoms with Crippen molar-refractivity contribution >= 4 is 21.6 Å². The Kier molecular flexibility index (Phi) is 4.06. The number of nitrogens with two attached hydrogens (primary N) is 1. The van der Waals surface area contributed by atoms with Gasteiger partial charge in [-0.05, 0) is 25.0 Å². The minimum atomic E-state index is -3.61. The molecule has 1 aliphatic carbocycles. The van der Waals surface area contributed by atoms with E-state index in [4.69, 9.17) is 22.1 Å². The van der Waals surface area contributed by atoms with E-state index in [2.05, 4.69) is 0 Å². The first-order chi connectivity index (χ1) is 8.91. The Morgan fingerprint density at radius 3 is 2.58 bits per heavy atom. The highest BCUT2D eigenvalue weighted by molar-refractivity contribution is 7.89. The van der Waals surface area contributed by atoms with Gasteiger partial charge in [0.1, 0.15) is 10.6 Å². The lowest BCUT2D eigenvalue weighted by molar-refractivity contribution is 0.392. The van der Waals surface area contributed by atoms with Crippen molar-refractivity contribution in [3.63, 3.8) is 0 Å². The van der Waals surface area contributed by atoms with Crippen molar-refractivity contribution in [2.24, 2.45) is 5.73 Å². The van der Waals surface area contributed by atoms with Crippen molar-refractivity contribution in [3.8, 4) is 5.75 Å². The Morgan fingerprint density at radius 2 is 2.11 bits per heavy atom. The van der Waals surface area contributed by atoms with E-state index in [9.17, 15) is 8.42 Å². The van der Waals surface area contributed by atoms with E-state index >= 15 is 0 Å². The van der Waals surface area contributed by atoms with Crippen LogP contribution in [0.2, 0.25) is 5.02 Å². The summed E-state index contributed by atoms with van der Waals surface area (Å²) in [7, 11) is -0.597. The zero-order chi connectivity index (χ0) is 14.2. The van der Waals surface area contributed by atoms with Crippen LogP contribution in [0, 0.1) is 0 Å². The Hall–Kier alpha value is -0.820. The van der Waals surface area contributed by atoms with Gasteiger partial charge >= 0.3 is 0 Å². The minimum Gasteiger partial charge on any atom is -0.495 e. The highest BCUT2D eigenvalue weighted by atomic mass is 35.5. The molecule has 0 bridgehead atoms. The molecule has 106 valence electrons. The average molecular weight is 305 g/mol. The molecule has 19 heavy (non-hydrogen) atoms. The number of sulfonamides is 1. The molecule has 0 heterocycles. The summed E-state index contributed by atoms with van der Waals surface area (Å²) in [6.45, 7) is 0.166. The molecule has 2 N–H and O–H groups in total. The van der Waals surface area contributed by atoms with Crippen LogP contribution in [0.4, 0.5) is 0 Å². The maximum Gasteiger partial charge on any atom is 0.246 e. The number of ether oxygens (including phenoxy) is 1. The SMILES string of the molecule is COc1c(CN)cc(Cl)cc1S(=O)(=O)N(C)C1CC1. The zero-order valence-electron chi connectivity index (χ0n) is 10.9. The normalized spacial score (nSPS) is 15.8. The second-order valence-electron chi connectivity index (χ2n) is 4.55. The van der Waals surface area contributed by atoms with Crippen molar-refractivity contribution in [1.82, 2.24) is 4.31 Å². The lowest BCUT2D eigenvalue weighted by atomic mass is 10.2. The molecule has 1 saturated carbocycles. The molecule has 0 aromatic heterocycles. The molecular weight excluding hydrogens is 288 g/mol. The fourth-order valence-corrected chi connectivity index (χ4v) is 3.93. The lowest BCUT2D eigenvalue weighted by Crippen LogP contribution is -2.29. The second-order valence-corrected chi connectivity index (χ2v) is 6.96. The Labute approximate surface area is 118 Å². The van der Waals surface area contributed by atoms with E-state index in [0.29, 0.717) is 10.6 Å². The van der Waals surface area contributed by atoms with Gasteiger partial charge < -0.3 is 10.5 Å². The number of hydrogen-bond donors (Lipinski definition) is 1. The predicted octanol–water partition coefficient (Wildman–Crippen LogP) is 1.59. The van der Waals surface area contributed by atoms with Gasteiger partial charge in [-0.1, -0.05) is 11.6 Å². The van der Waals surface area contributed by atoms with Gasteiger partial charge in [0.05, 0.1) is 7.11 Å². The summed E-state index contributed by atoms with van der Waals surface area (Å²) in [4.78, 5) is 0.0809. The number of halogens is 1. The molecule has 1 fully saturated rings. The molecular formula is C12H17ClN2O3S. The van der Waals surface area contributed by atoms with Gasteiger partial charge in [-0.2, -0.15) is 4.31 Å². The van der Waals surface area contributed by atoms with E-state index in [1.807, 2.05) is 0 Å². The van der Waals surface area contributed by atoms with Crippen LogP contribution in [0.1, 0.15) is 18.4 Å². The summed E-state index contributed by atoms with van der Waals surface area (Å²) < 4.78 is 31.7. The van der Waals surface area contributed by atoms with Crippen LogP contribution in [-0.4, -0.2) is 32.9 Å². The fourth-order valence-electron chi connectivity index (χ4n) is 1.99. The first kappa shape index (κ1) is 14.6. The largest absolute Gasteiger partial charge is 0.495 e. The maximum absolute atomic E-state index is 12.6. The van der Waals surface area contributed by atoms with Gasteiger partial charge in [0.15, 0.2) is 0 Å². The molecule has 0 unspecified atom stereocenters. The third kappa shape index (κ3) is 2.72. The van der Waals surface area contributed by atoms with Crippen LogP contribution in [0.5, 0.6) is 5.75 Å². The summed E-state index contributed by atoms with van der Waals surface area (Å²) in [5, 5.41) is 0.337. The number of methoxy groups -OCH3 is 1. The molecule has 7 heteroatoms. The Morgan fingerprint density at radius 1 is 1.47 bits per heavy atom. The van der Waals surface area contributed by atoms with Gasteiger partial charge in [0, 0.05) is 30.2 Å². The molecule has 0 atom stereocenters. The molecule has 0 spiro atoms. The summed E-state index contributed by atoms with van der Waals surface area (Å²) >= 11 is 5.97. The first-order valence-corrected chi connectivity index (χ1v) is 7.78. The number of hydrogen-bond acceptors (Lipinski definition) is 4. The average Bonchev–Trinajstić information content (AvgIpc) is 3.20. The highest BCUT2D eigenvalue weighted by Crippen LogP contribution is 2.37. The fraction of sp³-hybridized carbons (Fsp3) is 0.500. The molecule has 0 saturated heterocycles. The summed E-state index contributed by atoms with van der Waals surface area (Å²) in [5.41, 5.74) is 6.19. The van der Waals surface area contributed by atoms with Crippen LogP contribution >= 0.6 is 11.6 Å². The van der Waals surface area contributed by atoms with Crippen molar-refractivity contribution in [3.05, 3.63) is 22.7 Å². The van der Waals surface area contributed by atoms with Crippen LogP contribution < -0.4 is 10.5 Å². The molecule has 0 radical (unpaired) electrons. The molecule has 1 aliphatic rings. The van der Waals surface area contributed by atoms with Crippen molar-refractivity contribution in [2.75, 3.05) is 14.2 Å². The highest BCUT2D eigenvalue weighted by Gasteiger charge is 2.37. The molecule has 0 aliphatic heterocycles. The second kappa shape index (κ2) is 5.28. The van der Waals surface area contributed by atoms with Crippen molar-refractivity contribution < 1.29 is 13.2 Å². The molecule has 5 nitrogen and oxygen atoms in total. The quantitative estimate of drug-likeness (QED) is 0.896. The topological polar surface area (TPSA) is 72.6 Å². The van der Waals surface area contributed by atoms with Gasteiger partial charge in [-0.25, -0.2) is 8.42 Å². The van der Waals surface area contributed by atoms with Crippen LogP contribution in [0.15, 0.2) is 17.0 Å². The molecule has 0 amide bonds. The third-order valence-electron chi connectivity index (χ3n) is 3.24. The third-order valence-corrected chi connectivity index (χ3v) is 5.37. The van der Waals surface area contributed by atoms with Crippen LogP contribution in [0.3, 0.4) is 0 Å². The summed E-state index contributed by atoms with van der Waals surface area (Å²) in [6, 6.07) is 3.11. The summed E-state index contributed by atoms with van der Waals surface area (Å²) in [6.07, 6.45) is 1.78. The van der Waals surface area contributed by atoms with Crippen molar-refractivity contribution in [2.45, 2.75) is 30.3 Å². The number of benzene rings is 1. The minimum absolute atomic E-state index is 0.0787. The number of nitrogens with zero attached hydrogens (tertiary/aromatic N) is 1. The zero-order valence-corrected chi connectivity index (χ0v) is 12.5. The van der Waals surface area contributed by atoms with E-state index in [-0.39, 0.29) is 23.2 Å². The van der Waals surface area contributed by atoms with Crippen LogP contribution in [-0.2, 0) is 16.6 Å². The predicted molar refractivity (Wildman–Crippen MR) is 73.9 cm³/mol. The molecule has 1 aromatic rings. The van der Waals surface area contributed by atoms with Gasteiger partial charge in [-0.15, -0.1) is 0 Å². The lowest BCUT2D eigenvalue weighted by Gasteiger charge is -2.20. The summed E-state index contributed by atoms with van der Waals surface area (Å²) in [5.74, 6) is 0.277.